The predicted molar refractivity (Wildman–Crippen MR) is 85.4 cm³/mol. The summed E-state index contributed by atoms with van der Waals surface area (Å²) < 4.78 is 24.1. The number of benzene rings is 2. The third kappa shape index (κ3) is 4.55. The molecule has 1 unspecified atom stereocenters. The molecular weight excluding hydrogens is 282 g/mol. The average molecular weight is 301 g/mol. The van der Waals surface area contributed by atoms with Crippen molar-refractivity contribution in [3.8, 4) is 0 Å². The van der Waals surface area contributed by atoms with E-state index in [0.29, 0.717) is 17.7 Å². The quantitative estimate of drug-likeness (QED) is 0.889. The van der Waals surface area contributed by atoms with Gasteiger partial charge in [-0.05, 0) is 30.5 Å². The van der Waals surface area contributed by atoms with E-state index in [1.54, 1.807) is 36.4 Å². The summed E-state index contributed by atoms with van der Waals surface area (Å²) in [4.78, 5) is 0.314. The Labute approximate surface area is 126 Å². The maximum atomic E-state index is 12.0. The molecule has 0 aliphatic carbocycles. The zero-order chi connectivity index (χ0) is 15.1. The van der Waals surface area contributed by atoms with Crippen LogP contribution in [0.1, 0.15) is 24.4 Å². The van der Waals surface area contributed by atoms with Crippen molar-refractivity contribution < 1.29 is 8.42 Å². The highest BCUT2D eigenvalue weighted by Crippen LogP contribution is 2.16. The topological polar surface area (TPSA) is 60.2 Å². The number of nitrogens with two attached hydrogens (primary N) is 1. The molecule has 2 rings (SSSR count). The maximum Gasteiger partial charge on any atom is 0.199 e. The Kier molecular flexibility index (Phi) is 5.31. The van der Waals surface area contributed by atoms with E-state index in [2.05, 4.69) is 0 Å². The van der Waals surface area contributed by atoms with Crippen LogP contribution in [-0.2, 0) is 9.84 Å². The molecule has 0 saturated heterocycles. The van der Waals surface area contributed by atoms with Crippen LogP contribution in [0, 0.1) is 0 Å². The summed E-state index contributed by atoms with van der Waals surface area (Å²) in [6, 6.07) is 18.1. The minimum absolute atomic E-state index is 0.0738. The second kappa shape index (κ2) is 7.20. The molecule has 2 aromatic rings. The molecule has 110 valence electrons. The third-order valence-electron chi connectivity index (χ3n) is 3.22. The summed E-state index contributed by atoms with van der Waals surface area (Å²) in [7, 11) is -3.34. The molecule has 0 aliphatic heterocycles. The number of hydrogen-bond acceptors (Lipinski definition) is 3. The van der Waals surface area contributed by atoms with Crippen LogP contribution in [0.3, 0.4) is 0 Å². The first-order valence-electron chi connectivity index (χ1n) is 6.87. The van der Waals surface area contributed by atoms with E-state index >= 15 is 0 Å². The first-order chi connectivity index (χ1) is 10.1. The summed E-state index contributed by atoms with van der Waals surface area (Å²) in [5, 5.41) is 1.26. The van der Waals surface area contributed by atoms with Gasteiger partial charge in [-0.2, -0.15) is 0 Å². The van der Waals surface area contributed by atoms with E-state index in [9.17, 15) is 8.42 Å². The van der Waals surface area contributed by atoms with Crippen LogP contribution in [0.4, 0.5) is 0 Å². The highest BCUT2D eigenvalue weighted by atomic mass is 32.2. The molecule has 21 heavy (non-hydrogen) atoms. The van der Waals surface area contributed by atoms with Crippen LogP contribution in [-0.4, -0.2) is 8.42 Å². The van der Waals surface area contributed by atoms with E-state index in [1.807, 2.05) is 30.3 Å². The molecule has 0 aliphatic rings. The van der Waals surface area contributed by atoms with E-state index in [-0.39, 0.29) is 6.04 Å². The molecule has 3 nitrogen and oxygen atoms in total. The zero-order valence-electron chi connectivity index (χ0n) is 11.7. The molecule has 2 aromatic carbocycles. The van der Waals surface area contributed by atoms with Gasteiger partial charge in [0.25, 0.3) is 0 Å². The Balaban J connectivity index is 1.91. The molecule has 0 aromatic heterocycles. The van der Waals surface area contributed by atoms with Crippen LogP contribution >= 0.6 is 0 Å². The van der Waals surface area contributed by atoms with E-state index in [1.165, 1.54) is 5.41 Å². The predicted octanol–water partition coefficient (Wildman–Crippen LogP) is 3.45. The average Bonchev–Trinajstić information content (AvgIpc) is 2.53. The fourth-order valence-electron chi connectivity index (χ4n) is 2.03. The Hall–Kier alpha value is -1.91. The highest BCUT2D eigenvalue weighted by Gasteiger charge is 2.09. The van der Waals surface area contributed by atoms with Crippen LogP contribution in [0.5, 0.6) is 0 Å². The van der Waals surface area contributed by atoms with E-state index in [4.69, 9.17) is 5.73 Å². The lowest BCUT2D eigenvalue weighted by atomic mass is 10.0. The summed E-state index contributed by atoms with van der Waals surface area (Å²) in [5.41, 5.74) is 7.14. The molecule has 0 bridgehead atoms. The standard InChI is InChI=1S/C17H19NO2S/c18-17(15-9-3-1-4-10-15)13-7-8-14-21(19,20)16-11-5-2-6-12-16/h1-6,8-12,14,17H,7,13,18H2. The van der Waals surface area contributed by atoms with Crippen molar-refractivity contribution >= 4 is 9.84 Å². The number of allylic oxidation sites excluding steroid dienone is 1. The minimum Gasteiger partial charge on any atom is -0.324 e. The number of rotatable bonds is 6. The monoisotopic (exact) mass is 301 g/mol. The molecule has 0 heterocycles. The summed E-state index contributed by atoms with van der Waals surface area (Å²) in [5.74, 6) is 0. The van der Waals surface area contributed by atoms with Crippen molar-refractivity contribution in [2.24, 2.45) is 5.73 Å². The second-order valence-corrected chi connectivity index (χ2v) is 6.66. The lowest BCUT2D eigenvalue weighted by Gasteiger charge is -2.09. The van der Waals surface area contributed by atoms with Crippen LogP contribution < -0.4 is 5.73 Å². The van der Waals surface area contributed by atoms with Gasteiger partial charge in [-0.1, -0.05) is 54.6 Å². The second-order valence-electron chi connectivity index (χ2n) is 4.82. The number of hydrogen-bond donors (Lipinski definition) is 1. The zero-order valence-corrected chi connectivity index (χ0v) is 12.5. The van der Waals surface area contributed by atoms with Gasteiger partial charge in [-0.15, -0.1) is 0 Å². The molecule has 2 N–H and O–H groups in total. The Morgan fingerprint density at radius 3 is 2.14 bits per heavy atom. The van der Waals surface area contributed by atoms with E-state index < -0.39 is 9.84 Å². The molecule has 0 fully saturated rings. The van der Waals surface area contributed by atoms with Gasteiger partial charge in [-0.25, -0.2) is 8.42 Å². The molecule has 0 saturated carbocycles. The first-order valence-corrected chi connectivity index (χ1v) is 8.41. The third-order valence-corrected chi connectivity index (χ3v) is 4.70. The molecule has 0 spiro atoms. The summed E-state index contributed by atoms with van der Waals surface area (Å²) >= 11 is 0. The van der Waals surface area contributed by atoms with E-state index in [0.717, 1.165) is 5.56 Å². The molecule has 4 heteroatoms. The molecule has 0 amide bonds. The lowest BCUT2D eigenvalue weighted by Crippen LogP contribution is -2.09. The van der Waals surface area contributed by atoms with Gasteiger partial charge in [0.1, 0.15) is 0 Å². The SMILES string of the molecule is NC(CCC=CS(=O)(=O)c1ccccc1)c1ccccc1. The Bertz CT molecular complexity index is 679. The van der Waals surface area contributed by atoms with Crippen molar-refractivity contribution in [3.05, 3.63) is 77.7 Å². The normalized spacial score (nSPS) is 13.4. The molecule has 0 radical (unpaired) electrons. The van der Waals surface area contributed by atoms with Crippen LogP contribution in [0.2, 0.25) is 0 Å². The molecular formula is C17H19NO2S. The Morgan fingerprint density at radius 2 is 1.52 bits per heavy atom. The van der Waals surface area contributed by atoms with Crippen molar-refractivity contribution in [2.45, 2.75) is 23.8 Å². The van der Waals surface area contributed by atoms with Gasteiger partial charge >= 0.3 is 0 Å². The summed E-state index contributed by atoms with van der Waals surface area (Å²) in [6.07, 6.45) is 3.01. The van der Waals surface area contributed by atoms with Gasteiger partial charge in [-0.3, -0.25) is 0 Å². The van der Waals surface area contributed by atoms with Gasteiger partial charge in [0.05, 0.1) is 4.90 Å². The minimum atomic E-state index is -3.34. The fraction of sp³-hybridized carbons (Fsp3) is 0.176. The van der Waals surface area contributed by atoms with Crippen LogP contribution in [0.25, 0.3) is 0 Å². The summed E-state index contributed by atoms with van der Waals surface area (Å²) in [6.45, 7) is 0. The largest absolute Gasteiger partial charge is 0.324 e. The smallest absolute Gasteiger partial charge is 0.199 e. The first kappa shape index (κ1) is 15.5. The maximum absolute atomic E-state index is 12.0. The van der Waals surface area contributed by atoms with Crippen molar-refractivity contribution in [1.29, 1.82) is 0 Å². The van der Waals surface area contributed by atoms with Gasteiger partial charge in [0.2, 0.25) is 0 Å². The van der Waals surface area contributed by atoms with Crippen molar-refractivity contribution in [1.82, 2.24) is 0 Å². The fourth-order valence-corrected chi connectivity index (χ4v) is 3.11. The van der Waals surface area contributed by atoms with Gasteiger partial charge in [0.15, 0.2) is 9.84 Å². The Morgan fingerprint density at radius 1 is 0.952 bits per heavy atom. The van der Waals surface area contributed by atoms with Gasteiger partial charge in [0, 0.05) is 11.4 Å². The van der Waals surface area contributed by atoms with Crippen molar-refractivity contribution in [3.63, 3.8) is 0 Å². The molecule has 1 atom stereocenters. The van der Waals surface area contributed by atoms with Gasteiger partial charge < -0.3 is 5.73 Å². The highest BCUT2D eigenvalue weighted by molar-refractivity contribution is 7.94. The number of sulfone groups is 1. The lowest BCUT2D eigenvalue weighted by molar-refractivity contribution is 0.604. The van der Waals surface area contributed by atoms with Crippen molar-refractivity contribution in [2.75, 3.05) is 0 Å². The van der Waals surface area contributed by atoms with Crippen LogP contribution in [0.15, 0.2) is 77.0 Å².